The SMILES string of the molecule is C=CC(NN)c1cccc(OCC)c1. The average Bonchev–Trinajstić information content (AvgIpc) is 2.21. The van der Waals surface area contributed by atoms with Crippen LogP contribution in [0.3, 0.4) is 0 Å². The summed E-state index contributed by atoms with van der Waals surface area (Å²) in [4.78, 5) is 0. The van der Waals surface area contributed by atoms with Crippen LogP contribution in [-0.2, 0) is 0 Å². The fraction of sp³-hybridized carbons (Fsp3) is 0.273. The number of hydrazine groups is 1. The second-order valence-electron chi connectivity index (χ2n) is 2.89. The Morgan fingerprint density at radius 2 is 2.43 bits per heavy atom. The molecule has 1 atom stereocenters. The van der Waals surface area contributed by atoms with Crippen molar-refractivity contribution in [1.82, 2.24) is 5.43 Å². The van der Waals surface area contributed by atoms with Gasteiger partial charge in [0.25, 0.3) is 0 Å². The zero-order valence-corrected chi connectivity index (χ0v) is 8.36. The molecule has 0 aliphatic carbocycles. The molecule has 0 fully saturated rings. The van der Waals surface area contributed by atoms with Gasteiger partial charge in [-0.1, -0.05) is 18.2 Å². The third-order valence-corrected chi connectivity index (χ3v) is 1.94. The predicted molar refractivity (Wildman–Crippen MR) is 57.9 cm³/mol. The molecule has 14 heavy (non-hydrogen) atoms. The van der Waals surface area contributed by atoms with Gasteiger partial charge in [-0.05, 0) is 24.6 Å². The van der Waals surface area contributed by atoms with Crippen LogP contribution in [0.5, 0.6) is 5.75 Å². The minimum Gasteiger partial charge on any atom is -0.494 e. The maximum Gasteiger partial charge on any atom is 0.119 e. The Morgan fingerprint density at radius 3 is 3.00 bits per heavy atom. The molecule has 0 radical (unpaired) electrons. The Morgan fingerprint density at radius 1 is 1.64 bits per heavy atom. The second kappa shape index (κ2) is 5.42. The maximum atomic E-state index is 5.38. The van der Waals surface area contributed by atoms with Gasteiger partial charge in [-0.15, -0.1) is 6.58 Å². The summed E-state index contributed by atoms with van der Waals surface area (Å²) in [5.41, 5.74) is 3.71. The van der Waals surface area contributed by atoms with Crippen LogP contribution in [0.2, 0.25) is 0 Å². The normalized spacial score (nSPS) is 12.1. The van der Waals surface area contributed by atoms with Crippen molar-refractivity contribution in [3.63, 3.8) is 0 Å². The molecule has 1 aromatic rings. The summed E-state index contributed by atoms with van der Waals surface area (Å²) < 4.78 is 5.38. The summed E-state index contributed by atoms with van der Waals surface area (Å²) in [6.45, 7) is 6.32. The van der Waals surface area contributed by atoms with E-state index in [4.69, 9.17) is 10.6 Å². The van der Waals surface area contributed by atoms with E-state index in [-0.39, 0.29) is 6.04 Å². The summed E-state index contributed by atoms with van der Waals surface area (Å²) in [6, 6.07) is 7.76. The van der Waals surface area contributed by atoms with Crippen molar-refractivity contribution in [1.29, 1.82) is 0 Å². The number of ether oxygens (including phenoxy) is 1. The number of rotatable bonds is 5. The molecule has 0 aliphatic rings. The van der Waals surface area contributed by atoms with Gasteiger partial charge >= 0.3 is 0 Å². The highest BCUT2D eigenvalue weighted by Gasteiger charge is 2.05. The molecule has 76 valence electrons. The molecule has 0 aliphatic heterocycles. The smallest absolute Gasteiger partial charge is 0.119 e. The highest BCUT2D eigenvalue weighted by Crippen LogP contribution is 2.19. The van der Waals surface area contributed by atoms with Gasteiger partial charge in [-0.2, -0.15) is 0 Å². The molecule has 0 spiro atoms. The van der Waals surface area contributed by atoms with E-state index in [1.54, 1.807) is 6.08 Å². The largest absolute Gasteiger partial charge is 0.494 e. The monoisotopic (exact) mass is 192 g/mol. The molecule has 3 heteroatoms. The van der Waals surface area contributed by atoms with Crippen molar-refractivity contribution in [3.8, 4) is 5.75 Å². The van der Waals surface area contributed by atoms with E-state index < -0.39 is 0 Å². The number of hydrogen-bond acceptors (Lipinski definition) is 3. The van der Waals surface area contributed by atoms with Gasteiger partial charge < -0.3 is 4.74 Å². The minimum absolute atomic E-state index is 0.0320. The first kappa shape index (κ1) is 10.8. The van der Waals surface area contributed by atoms with Gasteiger partial charge in [-0.25, -0.2) is 5.43 Å². The number of nitrogens with one attached hydrogen (secondary N) is 1. The first-order chi connectivity index (χ1) is 6.81. The van der Waals surface area contributed by atoms with E-state index in [1.807, 2.05) is 31.2 Å². The third kappa shape index (κ3) is 2.58. The van der Waals surface area contributed by atoms with Crippen LogP contribution >= 0.6 is 0 Å². The lowest BCUT2D eigenvalue weighted by atomic mass is 10.1. The van der Waals surface area contributed by atoms with Crippen molar-refractivity contribution >= 4 is 0 Å². The molecule has 0 aromatic heterocycles. The standard InChI is InChI=1S/C11H16N2O/c1-3-11(13-12)9-6-5-7-10(8-9)14-4-2/h3,5-8,11,13H,1,4,12H2,2H3. The summed E-state index contributed by atoms with van der Waals surface area (Å²) in [5, 5.41) is 0. The van der Waals surface area contributed by atoms with Crippen LogP contribution in [0.25, 0.3) is 0 Å². The molecular weight excluding hydrogens is 176 g/mol. The molecule has 0 saturated heterocycles. The Balaban J connectivity index is 2.86. The molecule has 1 unspecified atom stereocenters. The summed E-state index contributed by atoms with van der Waals surface area (Å²) in [7, 11) is 0. The summed E-state index contributed by atoms with van der Waals surface area (Å²) >= 11 is 0. The van der Waals surface area contributed by atoms with Crippen LogP contribution in [0.4, 0.5) is 0 Å². The number of benzene rings is 1. The van der Waals surface area contributed by atoms with Gasteiger partial charge in [0.05, 0.1) is 12.6 Å². The van der Waals surface area contributed by atoms with Gasteiger partial charge in [0.2, 0.25) is 0 Å². The van der Waals surface area contributed by atoms with Crippen molar-refractivity contribution in [2.75, 3.05) is 6.61 Å². The van der Waals surface area contributed by atoms with Crippen LogP contribution in [0.1, 0.15) is 18.5 Å². The van der Waals surface area contributed by atoms with Crippen molar-refractivity contribution < 1.29 is 4.74 Å². The second-order valence-corrected chi connectivity index (χ2v) is 2.89. The lowest BCUT2D eigenvalue weighted by Gasteiger charge is -2.12. The molecule has 3 nitrogen and oxygen atoms in total. The summed E-state index contributed by atoms with van der Waals surface area (Å²) in [6.07, 6.45) is 1.76. The fourth-order valence-corrected chi connectivity index (χ4v) is 1.26. The minimum atomic E-state index is -0.0320. The zero-order valence-electron chi connectivity index (χ0n) is 8.36. The van der Waals surface area contributed by atoms with E-state index in [0.29, 0.717) is 6.61 Å². The average molecular weight is 192 g/mol. The number of hydrogen-bond donors (Lipinski definition) is 2. The Bertz CT molecular complexity index is 299. The van der Waals surface area contributed by atoms with Crippen molar-refractivity contribution in [2.24, 2.45) is 5.84 Å². The van der Waals surface area contributed by atoms with Crippen LogP contribution in [0.15, 0.2) is 36.9 Å². The molecule has 0 heterocycles. The molecule has 0 saturated carbocycles. The van der Waals surface area contributed by atoms with E-state index in [9.17, 15) is 0 Å². The predicted octanol–water partition coefficient (Wildman–Crippen LogP) is 1.78. The lowest BCUT2D eigenvalue weighted by molar-refractivity contribution is 0.339. The van der Waals surface area contributed by atoms with Crippen LogP contribution in [0, 0.1) is 0 Å². The molecular formula is C11H16N2O. The van der Waals surface area contributed by atoms with Gasteiger partial charge in [0.15, 0.2) is 0 Å². The van der Waals surface area contributed by atoms with Crippen LogP contribution < -0.4 is 16.0 Å². The Kier molecular flexibility index (Phi) is 4.16. The van der Waals surface area contributed by atoms with Crippen molar-refractivity contribution in [3.05, 3.63) is 42.5 Å². The summed E-state index contributed by atoms with van der Waals surface area (Å²) in [5.74, 6) is 6.23. The fourth-order valence-electron chi connectivity index (χ4n) is 1.26. The van der Waals surface area contributed by atoms with E-state index in [1.165, 1.54) is 0 Å². The van der Waals surface area contributed by atoms with Gasteiger partial charge in [0, 0.05) is 0 Å². The molecule has 3 N–H and O–H groups in total. The number of nitrogens with two attached hydrogens (primary N) is 1. The van der Waals surface area contributed by atoms with Gasteiger partial charge in [-0.3, -0.25) is 5.84 Å². The highest BCUT2D eigenvalue weighted by atomic mass is 16.5. The first-order valence-electron chi connectivity index (χ1n) is 4.63. The molecule has 0 bridgehead atoms. The van der Waals surface area contributed by atoms with E-state index >= 15 is 0 Å². The van der Waals surface area contributed by atoms with E-state index in [0.717, 1.165) is 11.3 Å². The Hall–Kier alpha value is -1.32. The van der Waals surface area contributed by atoms with Crippen molar-refractivity contribution in [2.45, 2.75) is 13.0 Å². The Labute approximate surface area is 84.5 Å². The molecule has 1 rings (SSSR count). The molecule has 1 aromatic carbocycles. The lowest BCUT2D eigenvalue weighted by Crippen LogP contribution is -2.26. The zero-order chi connectivity index (χ0) is 10.4. The highest BCUT2D eigenvalue weighted by molar-refractivity contribution is 5.32. The van der Waals surface area contributed by atoms with E-state index in [2.05, 4.69) is 12.0 Å². The molecule has 0 amide bonds. The van der Waals surface area contributed by atoms with Crippen LogP contribution in [-0.4, -0.2) is 6.61 Å². The topological polar surface area (TPSA) is 47.3 Å². The quantitative estimate of drug-likeness (QED) is 0.424. The maximum absolute atomic E-state index is 5.38. The van der Waals surface area contributed by atoms with Gasteiger partial charge in [0.1, 0.15) is 5.75 Å². The third-order valence-electron chi connectivity index (χ3n) is 1.94. The first-order valence-corrected chi connectivity index (χ1v) is 4.63.